The van der Waals surface area contributed by atoms with E-state index in [2.05, 4.69) is 21.7 Å². The van der Waals surface area contributed by atoms with Crippen LogP contribution in [-0.2, 0) is 13.0 Å². The van der Waals surface area contributed by atoms with E-state index in [1.54, 1.807) is 0 Å². The van der Waals surface area contributed by atoms with Gasteiger partial charge in [0.15, 0.2) is 0 Å². The van der Waals surface area contributed by atoms with Gasteiger partial charge in [0.25, 0.3) is 0 Å². The Morgan fingerprint density at radius 3 is 3.29 bits per heavy atom. The van der Waals surface area contributed by atoms with Crippen molar-refractivity contribution in [1.82, 2.24) is 10.3 Å². The Morgan fingerprint density at radius 2 is 2.47 bits per heavy atom. The van der Waals surface area contributed by atoms with E-state index in [0.29, 0.717) is 0 Å². The van der Waals surface area contributed by atoms with Crippen LogP contribution in [0.2, 0.25) is 0 Å². The minimum Gasteiger partial charge on any atom is -0.323 e. The highest BCUT2D eigenvalue weighted by Crippen LogP contribution is 2.31. The lowest BCUT2D eigenvalue weighted by Gasteiger charge is -2.21. The number of hydrogen-bond donors (Lipinski definition) is 2. The molecule has 0 radical (unpaired) electrons. The van der Waals surface area contributed by atoms with Crippen LogP contribution in [0, 0.1) is 0 Å². The lowest BCUT2D eigenvalue weighted by molar-refractivity contribution is 0.560. The van der Waals surface area contributed by atoms with Crippen molar-refractivity contribution in [2.24, 2.45) is 5.73 Å². The number of thiophene rings is 1. The van der Waals surface area contributed by atoms with Crippen LogP contribution < -0.4 is 11.1 Å². The molecule has 4 heteroatoms. The average Bonchev–Trinajstić information content (AvgIpc) is 2.75. The highest BCUT2D eigenvalue weighted by molar-refractivity contribution is 7.10. The van der Waals surface area contributed by atoms with Gasteiger partial charge in [-0.3, -0.25) is 4.98 Å². The van der Waals surface area contributed by atoms with Gasteiger partial charge in [-0.15, -0.1) is 11.3 Å². The first kappa shape index (κ1) is 10.9. The molecule has 0 bridgehead atoms. The first-order valence-corrected chi connectivity index (χ1v) is 6.67. The Kier molecular flexibility index (Phi) is 2.93. The normalized spacial score (nSPS) is 19.0. The number of pyridine rings is 1. The number of aromatic nitrogens is 1. The number of nitrogens with zero attached hydrogens (tertiary/aromatic N) is 1. The van der Waals surface area contributed by atoms with Crippen LogP contribution in [-0.4, -0.2) is 11.5 Å². The number of hydrogen-bond acceptors (Lipinski definition) is 4. The topological polar surface area (TPSA) is 50.9 Å². The zero-order valence-electron chi connectivity index (χ0n) is 9.52. The van der Waals surface area contributed by atoms with Crippen LogP contribution in [0.3, 0.4) is 0 Å². The molecule has 0 aliphatic carbocycles. The van der Waals surface area contributed by atoms with E-state index in [0.717, 1.165) is 19.5 Å². The van der Waals surface area contributed by atoms with Crippen LogP contribution >= 0.6 is 11.3 Å². The summed E-state index contributed by atoms with van der Waals surface area (Å²) in [6.45, 7) is 1.84. The van der Waals surface area contributed by atoms with E-state index in [4.69, 9.17) is 5.73 Å². The number of nitrogens with two attached hydrogens (primary N) is 1. The van der Waals surface area contributed by atoms with Crippen molar-refractivity contribution < 1.29 is 0 Å². The van der Waals surface area contributed by atoms with Gasteiger partial charge < -0.3 is 11.1 Å². The molecule has 3 rings (SSSR count). The highest BCUT2D eigenvalue weighted by Gasteiger charge is 2.21. The fourth-order valence-corrected chi connectivity index (χ4v) is 3.42. The second-order valence-electron chi connectivity index (χ2n) is 4.37. The Morgan fingerprint density at radius 1 is 1.53 bits per heavy atom. The first-order chi connectivity index (χ1) is 8.34. The minimum atomic E-state index is 0.136. The predicted octanol–water partition coefficient (Wildman–Crippen LogP) is 1.84. The van der Waals surface area contributed by atoms with Gasteiger partial charge in [0.2, 0.25) is 0 Å². The maximum absolute atomic E-state index is 6.17. The zero-order chi connectivity index (χ0) is 11.7. The fourth-order valence-electron chi connectivity index (χ4n) is 2.33. The summed E-state index contributed by atoms with van der Waals surface area (Å²) in [5.74, 6) is 0. The van der Waals surface area contributed by atoms with E-state index in [1.165, 1.54) is 21.6 Å². The molecule has 0 saturated carbocycles. The lowest BCUT2D eigenvalue weighted by atomic mass is 9.96. The standard InChI is InChI=1S/C13H15N3S/c14-11-6-16-7-12-13(11)10(8-17-12)4-9-2-1-3-15-5-9/h1-3,5,8,11,16H,4,6-7,14H2. The fraction of sp³-hybridized carbons (Fsp3) is 0.308. The number of nitrogens with one attached hydrogen (secondary N) is 1. The Balaban J connectivity index is 1.92. The molecule has 0 spiro atoms. The third kappa shape index (κ3) is 2.11. The monoisotopic (exact) mass is 245 g/mol. The Bertz CT molecular complexity index is 507. The molecule has 0 aromatic carbocycles. The molecular weight excluding hydrogens is 230 g/mol. The van der Waals surface area contributed by atoms with Crippen LogP contribution in [0.15, 0.2) is 29.9 Å². The van der Waals surface area contributed by atoms with Crippen LogP contribution in [0.5, 0.6) is 0 Å². The number of fused-ring (bicyclic) bond motifs is 1. The quantitative estimate of drug-likeness (QED) is 0.849. The van der Waals surface area contributed by atoms with Crippen molar-refractivity contribution in [2.45, 2.75) is 19.0 Å². The van der Waals surface area contributed by atoms with Gasteiger partial charge in [-0.2, -0.15) is 0 Å². The van der Waals surface area contributed by atoms with E-state index >= 15 is 0 Å². The minimum absolute atomic E-state index is 0.136. The summed E-state index contributed by atoms with van der Waals surface area (Å²) in [6.07, 6.45) is 4.67. The molecule has 0 amide bonds. The highest BCUT2D eigenvalue weighted by atomic mass is 32.1. The molecule has 88 valence electrons. The van der Waals surface area contributed by atoms with Gasteiger partial charge in [0.1, 0.15) is 0 Å². The molecule has 3 heterocycles. The van der Waals surface area contributed by atoms with Crippen molar-refractivity contribution in [2.75, 3.05) is 6.54 Å². The van der Waals surface area contributed by atoms with Gasteiger partial charge in [-0.05, 0) is 28.1 Å². The van der Waals surface area contributed by atoms with E-state index in [9.17, 15) is 0 Å². The van der Waals surface area contributed by atoms with Crippen LogP contribution in [0.1, 0.15) is 27.6 Å². The Hall–Kier alpha value is -1.23. The van der Waals surface area contributed by atoms with E-state index in [1.807, 2.05) is 29.8 Å². The second kappa shape index (κ2) is 4.56. The van der Waals surface area contributed by atoms with Crippen molar-refractivity contribution >= 4 is 11.3 Å². The summed E-state index contributed by atoms with van der Waals surface area (Å²) in [7, 11) is 0. The van der Waals surface area contributed by atoms with E-state index < -0.39 is 0 Å². The van der Waals surface area contributed by atoms with Gasteiger partial charge in [0.05, 0.1) is 0 Å². The molecule has 1 aliphatic heterocycles. The molecule has 3 N–H and O–H groups in total. The molecule has 3 nitrogen and oxygen atoms in total. The Labute approximate surface area is 105 Å². The average molecular weight is 245 g/mol. The van der Waals surface area contributed by atoms with Crippen molar-refractivity contribution in [3.05, 3.63) is 51.5 Å². The molecular formula is C13H15N3S. The SMILES string of the molecule is NC1CNCc2scc(Cc3cccnc3)c21. The molecule has 2 aromatic rings. The lowest BCUT2D eigenvalue weighted by Crippen LogP contribution is -2.32. The molecule has 1 aliphatic rings. The maximum atomic E-state index is 6.17. The first-order valence-electron chi connectivity index (χ1n) is 5.79. The van der Waals surface area contributed by atoms with E-state index in [-0.39, 0.29) is 6.04 Å². The largest absolute Gasteiger partial charge is 0.323 e. The molecule has 1 atom stereocenters. The molecule has 2 aromatic heterocycles. The predicted molar refractivity (Wildman–Crippen MR) is 70.0 cm³/mol. The van der Waals surface area contributed by atoms with Crippen LogP contribution in [0.4, 0.5) is 0 Å². The summed E-state index contributed by atoms with van der Waals surface area (Å²) in [4.78, 5) is 5.55. The summed E-state index contributed by atoms with van der Waals surface area (Å²) in [5, 5.41) is 5.58. The summed E-state index contributed by atoms with van der Waals surface area (Å²) >= 11 is 1.81. The van der Waals surface area contributed by atoms with Gasteiger partial charge in [-0.1, -0.05) is 6.07 Å². The van der Waals surface area contributed by atoms with Crippen molar-refractivity contribution in [1.29, 1.82) is 0 Å². The van der Waals surface area contributed by atoms with Gasteiger partial charge in [0, 0.05) is 42.8 Å². The zero-order valence-corrected chi connectivity index (χ0v) is 10.3. The molecule has 1 unspecified atom stereocenters. The second-order valence-corrected chi connectivity index (χ2v) is 5.34. The van der Waals surface area contributed by atoms with Gasteiger partial charge in [-0.25, -0.2) is 0 Å². The summed E-state index contributed by atoms with van der Waals surface area (Å²) in [6, 6.07) is 4.23. The van der Waals surface area contributed by atoms with Crippen molar-refractivity contribution in [3.8, 4) is 0 Å². The molecule has 0 fully saturated rings. The summed E-state index contributed by atoms with van der Waals surface area (Å²) < 4.78 is 0. The number of rotatable bonds is 2. The molecule has 17 heavy (non-hydrogen) atoms. The smallest absolute Gasteiger partial charge is 0.0436 e. The third-order valence-electron chi connectivity index (χ3n) is 3.13. The van der Waals surface area contributed by atoms with Crippen molar-refractivity contribution in [3.63, 3.8) is 0 Å². The third-order valence-corrected chi connectivity index (χ3v) is 4.18. The maximum Gasteiger partial charge on any atom is 0.0436 e. The summed E-state index contributed by atoms with van der Waals surface area (Å²) in [5.41, 5.74) is 10.1. The molecule has 0 saturated heterocycles. The van der Waals surface area contributed by atoms with Crippen LogP contribution in [0.25, 0.3) is 0 Å². The van der Waals surface area contributed by atoms with Gasteiger partial charge >= 0.3 is 0 Å².